The second-order valence-corrected chi connectivity index (χ2v) is 6.54. The minimum atomic E-state index is -0.0732. The molecule has 122 valence electrons. The van der Waals surface area contributed by atoms with Crippen molar-refractivity contribution in [1.82, 2.24) is 20.1 Å². The largest absolute Gasteiger partial charge is 0.480 e. The van der Waals surface area contributed by atoms with Crippen molar-refractivity contribution in [2.75, 3.05) is 20.2 Å². The Kier molecular flexibility index (Phi) is 4.42. The van der Waals surface area contributed by atoms with E-state index >= 15 is 0 Å². The van der Waals surface area contributed by atoms with Crippen LogP contribution in [0.4, 0.5) is 0 Å². The summed E-state index contributed by atoms with van der Waals surface area (Å²) in [4.78, 5) is 19.4. The monoisotopic (exact) mass is 334 g/mol. The van der Waals surface area contributed by atoms with Crippen LogP contribution in [-0.2, 0) is 0 Å². The molecule has 0 bridgehead atoms. The van der Waals surface area contributed by atoms with Crippen molar-refractivity contribution in [3.63, 3.8) is 0 Å². The SMILES string of the molecule is COc1ccc(O[C@H]2CCN(C(=O)c3sc(C)nc3C)C2)nn1. The molecule has 7 nitrogen and oxygen atoms in total. The van der Waals surface area contributed by atoms with E-state index in [2.05, 4.69) is 15.2 Å². The molecule has 0 saturated carbocycles. The van der Waals surface area contributed by atoms with Crippen LogP contribution in [0.5, 0.6) is 11.8 Å². The Morgan fingerprint density at radius 3 is 2.65 bits per heavy atom. The zero-order valence-corrected chi connectivity index (χ0v) is 14.1. The molecule has 0 spiro atoms. The quantitative estimate of drug-likeness (QED) is 0.849. The van der Waals surface area contributed by atoms with Gasteiger partial charge in [0, 0.05) is 25.1 Å². The third-order valence-electron chi connectivity index (χ3n) is 3.64. The smallest absolute Gasteiger partial charge is 0.265 e. The Hall–Kier alpha value is -2.22. The number of aryl methyl sites for hydroxylation is 2. The molecule has 1 atom stereocenters. The molecular weight excluding hydrogens is 316 g/mol. The van der Waals surface area contributed by atoms with Gasteiger partial charge in [-0.2, -0.15) is 0 Å². The number of rotatable bonds is 4. The Balaban J connectivity index is 1.61. The number of thiazole rings is 1. The minimum Gasteiger partial charge on any atom is -0.480 e. The van der Waals surface area contributed by atoms with Crippen molar-refractivity contribution in [2.45, 2.75) is 26.4 Å². The van der Waals surface area contributed by atoms with E-state index in [0.717, 1.165) is 17.1 Å². The number of hydrogen-bond donors (Lipinski definition) is 0. The van der Waals surface area contributed by atoms with E-state index in [-0.39, 0.29) is 12.0 Å². The first-order valence-electron chi connectivity index (χ1n) is 7.34. The summed E-state index contributed by atoms with van der Waals surface area (Å²) in [7, 11) is 1.54. The van der Waals surface area contributed by atoms with Gasteiger partial charge in [-0.15, -0.1) is 21.5 Å². The summed E-state index contributed by atoms with van der Waals surface area (Å²) in [6, 6.07) is 3.41. The van der Waals surface area contributed by atoms with Gasteiger partial charge in [-0.25, -0.2) is 4.98 Å². The highest BCUT2D eigenvalue weighted by Gasteiger charge is 2.30. The van der Waals surface area contributed by atoms with Gasteiger partial charge in [-0.3, -0.25) is 4.79 Å². The zero-order chi connectivity index (χ0) is 16.4. The molecule has 0 aromatic carbocycles. The number of carbonyl (C=O) groups is 1. The topological polar surface area (TPSA) is 77.4 Å². The maximum Gasteiger partial charge on any atom is 0.265 e. The first-order chi connectivity index (χ1) is 11.1. The van der Waals surface area contributed by atoms with Crippen LogP contribution >= 0.6 is 11.3 Å². The van der Waals surface area contributed by atoms with E-state index in [1.807, 2.05) is 18.7 Å². The van der Waals surface area contributed by atoms with Gasteiger partial charge in [0.25, 0.3) is 5.91 Å². The first-order valence-corrected chi connectivity index (χ1v) is 8.16. The molecule has 3 rings (SSSR count). The Morgan fingerprint density at radius 2 is 2.04 bits per heavy atom. The summed E-state index contributed by atoms with van der Waals surface area (Å²) in [5.41, 5.74) is 0.794. The Bertz CT molecular complexity index is 701. The maximum atomic E-state index is 12.6. The van der Waals surface area contributed by atoms with Crippen LogP contribution in [0.25, 0.3) is 0 Å². The van der Waals surface area contributed by atoms with Crippen LogP contribution in [0.15, 0.2) is 12.1 Å². The second kappa shape index (κ2) is 6.49. The number of nitrogens with zero attached hydrogens (tertiary/aromatic N) is 4. The fraction of sp³-hybridized carbons (Fsp3) is 0.467. The average molecular weight is 334 g/mol. The molecule has 3 heterocycles. The van der Waals surface area contributed by atoms with Crippen LogP contribution in [0.3, 0.4) is 0 Å². The highest BCUT2D eigenvalue weighted by Crippen LogP contribution is 2.23. The van der Waals surface area contributed by atoms with Gasteiger partial charge in [0.15, 0.2) is 0 Å². The van der Waals surface area contributed by atoms with E-state index in [4.69, 9.17) is 9.47 Å². The summed E-state index contributed by atoms with van der Waals surface area (Å²) in [6.45, 7) is 4.99. The maximum absolute atomic E-state index is 12.6. The second-order valence-electron chi connectivity index (χ2n) is 5.34. The summed E-state index contributed by atoms with van der Waals surface area (Å²) >= 11 is 1.44. The molecular formula is C15H18N4O3S. The van der Waals surface area contributed by atoms with Crippen LogP contribution in [-0.4, -0.2) is 52.3 Å². The number of hydrogen-bond acceptors (Lipinski definition) is 7. The van der Waals surface area contributed by atoms with Crippen molar-refractivity contribution >= 4 is 17.2 Å². The van der Waals surface area contributed by atoms with Crippen LogP contribution in [0.1, 0.15) is 26.8 Å². The molecule has 0 aliphatic carbocycles. The Labute approximate surface area is 138 Å². The first kappa shape index (κ1) is 15.7. The molecule has 1 amide bonds. The lowest BCUT2D eigenvalue weighted by atomic mass is 10.3. The predicted octanol–water partition coefficient (Wildman–Crippen LogP) is 1.85. The van der Waals surface area contributed by atoms with Gasteiger partial charge >= 0.3 is 0 Å². The molecule has 8 heteroatoms. The van der Waals surface area contributed by atoms with Crippen LogP contribution in [0.2, 0.25) is 0 Å². The number of amides is 1. The number of carbonyl (C=O) groups excluding carboxylic acids is 1. The van der Waals surface area contributed by atoms with E-state index < -0.39 is 0 Å². The van der Waals surface area contributed by atoms with Crippen LogP contribution in [0, 0.1) is 13.8 Å². The molecule has 1 saturated heterocycles. The lowest BCUT2D eigenvalue weighted by molar-refractivity contribution is 0.0774. The highest BCUT2D eigenvalue weighted by atomic mass is 32.1. The number of methoxy groups -OCH3 is 1. The summed E-state index contributed by atoms with van der Waals surface area (Å²) in [5, 5.41) is 8.73. The fourth-order valence-electron chi connectivity index (χ4n) is 2.53. The zero-order valence-electron chi connectivity index (χ0n) is 13.3. The third-order valence-corrected chi connectivity index (χ3v) is 4.70. The van der Waals surface area contributed by atoms with Gasteiger partial charge in [0.2, 0.25) is 11.8 Å². The lowest BCUT2D eigenvalue weighted by Gasteiger charge is -2.16. The van der Waals surface area contributed by atoms with Crippen molar-refractivity contribution < 1.29 is 14.3 Å². The summed E-state index contributed by atoms with van der Waals surface area (Å²) < 4.78 is 10.8. The average Bonchev–Trinajstić information content (AvgIpc) is 3.14. The lowest BCUT2D eigenvalue weighted by Crippen LogP contribution is -2.30. The number of aromatic nitrogens is 3. The summed E-state index contributed by atoms with van der Waals surface area (Å²) in [5.74, 6) is 0.909. The molecule has 1 aliphatic rings. The van der Waals surface area contributed by atoms with Crippen molar-refractivity contribution in [1.29, 1.82) is 0 Å². The third kappa shape index (κ3) is 3.42. The van der Waals surface area contributed by atoms with Gasteiger partial charge in [0.05, 0.1) is 24.4 Å². The van der Waals surface area contributed by atoms with Crippen molar-refractivity contribution in [3.05, 3.63) is 27.7 Å². The molecule has 1 fully saturated rings. The van der Waals surface area contributed by atoms with E-state index in [9.17, 15) is 4.79 Å². The van der Waals surface area contributed by atoms with Gasteiger partial charge < -0.3 is 14.4 Å². The van der Waals surface area contributed by atoms with Crippen LogP contribution < -0.4 is 9.47 Å². The van der Waals surface area contributed by atoms with Gasteiger partial charge in [-0.1, -0.05) is 0 Å². The predicted molar refractivity (Wildman–Crippen MR) is 85.1 cm³/mol. The molecule has 0 unspecified atom stereocenters. The van der Waals surface area contributed by atoms with Gasteiger partial charge in [0.1, 0.15) is 11.0 Å². The van der Waals surface area contributed by atoms with Crippen molar-refractivity contribution in [2.24, 2.45) is 0 Å². The molecule has 23 heavy (non-hydrogen) atoms. The molecule has 0 radical (unpaired) electrons. The normalized spacial score (nSPS) is 17.3. The van der Waals surface area contributed by atoms with Crippen molar-refractivity contribution in [3.8, 4) is 11.8 Å². The van der Waals surface area contributed by atoms with E-state index in [0.29, 0.717) is 29.7 Å². The fourth-order valence-corrected chi connectivity index (χ4v) is 3.42. The van der Waals surface area contributed by atoms with E-state index in [1.54, 1.807) is 12.1 Å². The van der Waals surface area contributed by atoms with Gasteiger partial charge in [-0.05, 0) is 13.8 Å². The molecule has 2 aromatic rings. The van der Waals surface area contributed by atoms with E-state index in [1.165, 1.54) is 18.4 Å². The molecule has 2 aromatic heterocycles. The highest BCUT2D eigenvalue weighted by molar-refractivity contribution is 7.13. The summed E-state index contributed by atoms with van der Waals surface area (Å²) in [6.07, 6.45) is 0.701. The minimum absolute atomic E-state index is 0.0278. The molecule has 1 aliphatic heterocycles. The number of likely N-dealkylation sites (tertiary alicyclic amines) is 1. The number of ether oxygens (including phenoxy) is 2. The standard InChI is InChI=1S/C15H18N4O3S/c1-9-14(23-10(2)16-9)15(20)19-7-6-11(8-19)22-13-5-4-12(21-3)17-18-13/h4-5,11H,6-8H2,1-3H3/t11-/m0/s1. The Morgan fingerprint density at radius 1 is 1.30 bits per heavy atom. The molecule has 0 N–H and O–H groups in total.